The summed E-state index contributed by atoms with van der Waals surface area (Å²) in [4.78, 5) is 29.6. The third-order valence-electron chi connectivity index (χ3n) is 6.12. The van der Waals surface area contributed by atoms with Gasteiger partial charge in [-0.1, -0.05) is 55.0 Å². The molecular weight excluding hydrogens is 404 g/mol. The molecule has 1 aromatic heterocycles. The van der Waals surface area contributed by atoms with Gasteiger partial charge in [0, 0.05) is 36.1 Å². The molecule has 0 saturated carbocycles. The first kappa shape index (κ1) is 22.0. The van der Waals surface area contributed by atoms with Crippen LogP contribution in [0.2, 0.25) is 0 Å². The van der Waals surface area contributed by atoms with Gasteiger partial charge >= 0.3 is 0 Å². The minimum Gasteiger partial charge on any atom is -0.357 e. The minimum atomic E-state index is -0.373. The van der Waals surface area contributed by atoms with Crippen molar-refractivity contribution in [1.82, 2.24) is 20.7 Å². The molecule has 1 aliphatic heterocycles. The Morgan fingerprint density at radius 1 is 1.00 bits per heavy atom. The van der Waals surface area contributed by atoms with Crippen molar-refractivity contribution in [2.45, 2.75) is 38.1 Å². The second-order valence-electron chi connectivity index (χ2n) is 8.29. The van der Waals surface area contributed by atoms with Crippen LogP contribution >= 0.6 is 0 Å². The number of aromatic nitrogens is 1. The molecule has 1 atom stereocenters. The van der Waals surface area contributed by atoms with Gasteiger partial charge in [-0.2, -0.15) is 0 Å². The van der Waals surface area contributed by atoms with Crippen LogP contribution in [0.5, 0.6) is 0 Å². The van der Waals surface area contributed by atoms with Gasteiger partial charge in [0.05, 0.1) is 12.6 Å². The Bertz CT molecular complexity index is 1060. The molecule has 3 aromatic rings. The number of amides is 2. The topological polar surface area (TPSA) is 97.5 Å². The highest BCUT2D eigenvalue weighted by Gasteiger charge is 2.32. The number of fused-ring (bicyclic) bond motifs is 3. The lowest BCUT2D eigenvalue weighted by atomic mass is 9.92. The van der Waals surface area contributed by atoms with E-state index in [9.17, 15) is 9.59 Å². The number of hydrogen-bond acceptors (Lipinski definition) is 4. The Balaban J connectivity index is 1.42. The predicted octanol–water partition coefficient (Wildman–Crippen LogP) is 3.30. The first-order valence-electron chi connectivity index (χ1n) is 11.3. The van der Waals surface area contributed by atoms with Gasteiger partial charge in [-0.05, 0) is 36.5 Å². The highest BCUT2D eigenvalue weighted by atomic mass is 16.5. The largest absolute Gasteiger partial charge is 0.357 e. The average Bonchev–Trinajstić information content (AvgIpc) is 3.20. The molecule has 0 aliphatic carbocycles. The number of rotatable bonds is 9. The maximum absolute atomic E-state index is 12.7. The van der Waals surface area contributed by atoms with Crippen molar-refractivity contribution in [3.8, 4) is 0 Å². The molecule has 2 heterocycles. The number of hydroxylamine groups is 1. The monoisotopic (exact) mass is 434 g/mol. The minimum absolute atomic E-state index is 0.00935. The van der Waals surface area contributed by atoms with Crippen molar-refractivity contribution in [2.24, 2.45) is 0 Å². The van der Waals surface area contributed by atoms with Crippen LogP contribution in [0.25, 0.3) is 10.9 Å². The van der Waals surface area contributed by atoms with Crippen LogP contribution in [0.1, 0.15) is 48.5 Å². The number of carbonyl (C=O) groups is 2. The van der Waals surface area contributed by atoms with Gasteiger partial charge in [0.1, 0.15) is 0 Å². The van der Waals surface area contributed by atoms with Gasteiger partial charge in [-0.3, -0.25) is 19.7 Å². The van der Waals surface area contributed by atoms with Crippen molar-refractivity contribution in [2.75, 3.05) is 19.6 Å². The second-order valence-corrected chi connectivity index (χ2v) is 8.29. The Morgan fingerprint density at radius 3 is 2.59 bits per heavy atom. The number of nitrogens with one attached hydrogen (secondary N) is 3. The summed E-state index contributed by atoms with van der Waals surface area (Å²) >= 11 is 0. The molecule has 168 valence electrons. The number of nitrogens with zero attached hydrogens (tertiary/aromatic N) is 1. The number of unbranched alkanes of at least 4 members (excludes halogenated alkanes) is 2. The van der Waals surface area contributed by atoms with Crippen LogP contribution in [-0.4, -0.2) is 46.5 Å². The molecule has 0 spiro atoms. The van der Waals surface area contributed by atoms with Crippen molar-refractivity contribution in [1.29, 1.82) is 0 Å². The average molecular weight is 435 g/mol. The second kappa shape index (κ2) is 10.4. The van der Waals surface area contributed by atoms with Gasteiger partial charge in [0.25, 0.3) is 0 Å². The molecule has 0 bridgehead atoms. The van der Waals surface area contributed by atoms with Gasteiger partial charge in [-0.15, -0.1) is 0 Å². The lowest BCUT2D eigenvalue weighted by molar-refractivity contribution is -0.129. The number of hydrogen-bond donors (Lipinski definition) is 4. The van der Waals surface area contributed by atoms with Crippen LogP contribution in [0.3, 0.4) is 0 Å². The maximum atomic E-state index is 12.7. The lowest BCUT2D eigenvalue weighted by Gasteiger charge is -2.35. The summed E-state index contributed by atoms with van der Waals surface area (Å²) in [6.07, 6.45) is 3.52. The van der Waals surface area contributed by atoms with E-state index in [4.69, 9.17) is 5.21 Å². The molecule has 2 amide bonds. The van der Waals surface area contributed by atoms with Crippen LogP contribution in [-0.2, 0) is 16.0 Å². The van der Waals surface area contributed by atoms with Gasteiger partial charge in [0.15, 0.2) is 0 Å². The number of H-pyrrole nitrogens is 1. The number of carbonyl (C=O) groups excluding carboxylic acids is 2. The lowest BCUT2D eigenvalue weighted by Crippen LogP contribution is -2.43. The number of benzene rings is 2. The molecule has 0 radical (unpaired) electrons. The van der Waals surface area contributed by atoms with E-state index >= 15 is 0 Å². The summed E-state index contributed by atoms with van der Waals surface area (Å²) in [5, 5.41) is 12.8. The zero-order chi connectivity index (χ0) is 22.3. The zero-order valence-corrected chi connectivity index (χ0v) is 18.1. The smallest absolute Gasteiger partial charge is 0.243 e. The summed E-state index contributed by atoms with van der Waals surface area (Å²) in [7, 11) is 0. The highest BCUT2D eigenvalue weighted by molar-refractivity contribution is 5.85. The summed E-state index contributed by atoms with van der Waals surface area (Å²) < 4.78 is 0. The molecule has 0 fully saturated rings. The van der Waals surface area contributed by atoms with E-state index in [-0.39, 0.29) is 17.9 Å². The van der Waals surface area contributed by atoms with Crippen LogP contribution in [0.4, 0.5) is 0 Å². The Morgan fingerprint density at radius 2 is 1.78 bits per heavy atom. The van der Waals surface area contributed by atoms with E-state index in [1.54, 1.807) is 5.48 Å². The molecular formula is C25H30N4O3. The van der Waals surface area contributed by atoms with Crippen LogP contribution in [0.15, 0.2) is 54.6 Å². The summed E-state index contributed by atoms with van der Waals surface area (Å²) in [6.45, 7) is 1.74. The predicted molar refractivity (Wildman–Crippen MR) is 123 cm³/mol. The van der Waals surface area contributed by atoms with Crippen molar-refractivity contribution in [3.63, 3.8) is 0 Å². The third kappa shape index (κ3) is 5.00. The van der Waals surface area contributed by atoms with Gasteiger partial charge in [-0.25, -0.2) is 5.48 Å². The molecule has 2 aromatic carbocycles. The van der Waals surface area contributed by atoms with Crippen molar-refractivity contribution < 1.29 is 14.8 Å². The quantitative estimate of drug-likeness (QED) is 0.236. The molecule has 4 N–H and O–H groups in total. The maximum Gasteiger partial charge on any atom is 0.243 e. The van der Waals surface area contributed by atoms with E-state index in [1.165, 1.54) is 22.2 Å². The molecule has 1 unspecified atom stereocenters. The van der Waals surface area contributed by atoms with E-state index in [0.717, 1.165) is 31.3 Å². The van der Waals surface area contributed by atoms with Gasteiger partial charge < -0.3 is 10.3 Å². The molecule has 7 nitrogen and oxygen atoms in total. The fraction of sp³-hybridized carbons (Fsp3) is 0.360. The highest BCUT2D eigenvalue weighted by Crippen LogP contribution is 2.38. The zero-order valence-electron chi connectivity index (χ0n) is 18.1. The van der Waals surface area contributed by atoms with Crippen molar-refractivity contribution in [3.05, 3.63) is 71.4 Å². The number of para-hydroxylation sites is 1. The van der Waals surface area contributed by atoms with Gasteiger partial charge in [0.2, 0.25) is 11.8 Å². The van der Waals surface area contributed by atoms with Crippen LogP contribution < -0.4 is 10.8 Å². The molecule has 32 heavy (non-hydrogen) atoms. The van der Waals surface area contributed by atoms with E-state index in [1.807, 2.05) is 24.3 Å². The fourth-order valence-electron chi connectivity index (χ4n) is 4.59. The number of aromatic amines is 1. The molecule has 0 saturated heterocycles. The van der Waals surface area contributed by atoms with Crippen molar-refractivity contribution >= 4 is 22.7 Å². The fourth-order valence-corrected chi connectivity index (χ4v) is 4.59. The molecule has 7 heteroatoms. The van der Waals surface area contributed by atoms with E-state index < -0.39 is 0 Å². The first-order valence-corrected chi connectivity index (χ1v) is 11.3. The normalized spacial score (nSPS) is 16.0. The Labute approximate surface area is 187 Å². The molecule has 1 aliphatic rings. The third-order valence-corrected chi connectivity index (χ3v) is 6.12. The summed E-state index contributed by atoms with van der Waals surface area (Å²) in [5.41, 5.74) is 6.47. The Kier molecular flexibility index (Phi) is 7.19. The van der Waals surface area contributed by atoms with Crippen LogP contribution in [0, 0.1) is 0 Å². The van der Waals surface area contributed by atoms with E-state index in [2.05, 4.69) is 45.5 Å². The first-order chi connectivity index (χ1) is 15.7. The summed E-state index contributed by atoms with van der Waals surface area (Å²) in [6, 6.07) is 18.7. The summed E-state index contributed by atoms with van der Waals surface area (Å²) in [5.74, 6) is -0.360. The Hall–Kier alpha value is -3.16. The standard InChI is InChI=1S/C25H30N4O3/c30-22(28-32)13-5-2-8-15-26-23(31)17-29-16-14-20-19-11-6-7-12-21(19)27-24(20)25(29)18-9-3-1-4-10-18/h1,3-4,6-7,9-12,25,27,32H,2,5,8,13-17H2,(H,26,31)(H,28,30). The van der Waals surface area contributed by atoms with E-state index in [0.29, 0.717) is 25.9 Å². The SMILES string of the molecule is O=C(CCCCCNC(=O)CN1CCc2c([nH]c3ccccc23)C1c1ccccc1)NO. The molecule has 4 rings (SSSR count).